The smallest absolute Gasteiger partial charge is 0.0758 e. The Balaban J connectivity index is 1.97. The summed E-state index contributed by atoms with van der Waals surface area (Å²) >= 11 is 0. The predicted octanol–water partition coefficient (Wildman–Crippen LogP) is -0.230. The van der Waals surface area contributed by atoms with Crippen molar-refractivity contribution in [2.24, 2.45) is 0 Å². The summed E-state index contributed by atoms with van der Waals surface area (Å²) in [6, 6.07) is 0. The zero-order valence-corrected chi connectivity index (χ0v) is 12.0. The average Bonchev–Trinajstić information content (AvgIpc) is 2.46. The molecule has 5 nitrogen and oxygen atoms in total. The highest BCUT2D eigenvalue weighted by Gasteiger charge is 2.28. The van der Waals surface area contributed by atoms with E-state index in [0.29, 0.717) is 6.17 Å². The minimum Gasteiger partial charge on any atom is -0.314 e. The molecule has 2 heterocycles. The second-order valence-corrected chi connectivity index (χ2v) is 5.13. The fraction of sp³-hybridized carbons (Fsp3) is 1.00. The van der Waals surface area contributed by atoms with Crippen molar-refractivity contribution >= 4 is 0 Å². The first-order chi connectivity index (χ1) is 8.86. The molecule has 1 atom stereocenters. The lowest BCUT2D eigenvalue weighted by Gasteiger charge is -2.47. The van der Waals surface area contributed by atoms with Crippen LogP contribution in [0.3, 0.4) is 0 Å². The minimum absolute atomic E-state index is 0.579. The molecule has 18 heavy (non-hydrogen) atoms. The van der Waals surface area contributed by atoms with E-state index < -0.39 is 0 Å². The van der Waals surface area contributed by atoms with Crippen molar-refractivity contribution in [1.29, 1.82) is 0 Å². The molecule has 5 heteroatoms. The first-order valence-corrected chi connectivity index (χ1v) is 7.53. The molecule has 2 aliphatic rings. The van der Waals surface area contributed by atoms with Gasteiger partial charge in [0.25, 0.3) is 0 Å². The summed E-state index contributed by atoms with van der Waals surface area (Å²) in [7, 11) is 0. The second kappa shape index (κ2) is 7.40. The summed E-state index contributed by atoms with van der Waals surface area (Å²) in [6.07, 6.45) is 1.79. The maximum Gasteiger partial charge on any atom is 0.0758 e. The molecule has 2 fully saturated rings. The zero-order valence-electron chi connectivity index (χ0n) is 12.0. The molecule has 0 radical (unpaired) electrons. The third-order valence-electron chi connectivity index (χ3n) is 4.06. The SMILES string of the molecule is CCC(N1CCNCC1)N(CC)N1CCNCC1. The molecule has 2 N–H and O–H groups in total. The van der Waals surface area contributed by atoms with E-state index in [1.165, 1.54) is 19.5 Å². The van der Waals surface area contributed by atoms with Gasteiger partial charge in [0.05, 0.1) is 6.17 Å². The normalized spacial score (nSPS) is 25.5. The Labute approximate surface area is 111 Å². The first-order valence-electron chi connectivity index (χ1n) is 7.53. The molecule has 0 bridgehead atoms. The Morgan fingerprint density at radius 3 is 2.00 bits per heavy atom. The maximum atomic E-state index is 3.45. The Kier molecular flexibility index (Phi) is 5.85. The van der Waals surface area contributed by atoms with Crippen LogP contribution in [0.5, 0.6) is 0 Å². The molecular formula is C13H29N5. The van der Waals surface area contributed by atoms with Gasteiger partial charge in [-0.25, -0.2) is 10.0 Å². The molecule has 0 amide bonds. The maximum absolute atomic E-state index is 3.45. The van der Waals surface area contributed by atoms with Crippen molar-refractivity contribution in [2.45, 2.75) is 26.4 Å². The molecule has 2 aliphatic heterocycles. The number of hydrogen-bond donors (Lipinski definition) is 2. The summed E-state index contributed by atoms with van der Waals surface area (Å²) < 4.78 is 0. The van der Waals surface area contributed by atoms with E-state index in [2.05, 4.69) is 39.4 Å². The second-order valence-electron chi connectivity index (χ2n) is 5.13. The number of hydrazine groups is 1. The summed E-state index contributed by atoms with van der Waals surface area (Å²) in [4.78, 5) is 2.64. The minimum atomic E-state index is 0.579. The highest BCUT2D eigenvalue weighted by molar-refractivity contribution is 4.77. The van der Waals surface area contributed by atoms with Gasteiger partial charge in [0.2, 0.25) is 0 Å². The summed E-state index contributed by atoms with van der Waals surface area (Å²) in [5.74, 6) is 0. The molecule has 106 valence electrons. The lowest BCUT2D eigenvalue weighted by molar-refractivity contribution is -0.119. The average molecular weight is 255 g/mol. The topological polar surface area (TPSA) is 33.8 Å². The number of piperazine rings is 2. The fourth-order valence-electron chi connectivity index (χ4n) is 3.15. The molecule has 2 rings (SSSR count). The van der Waals surface area contributed by atoms with E-state index >= 15 is 0 Å². The summed E-state index contributed by atoms with van der Waals surface area (Å²) in [5.41, 5.74) is 0. The molecule has 0 aromatic rings. The van der Waals surface area contributed by atoms with Crippen LogP contribution in [0.4, 0.5) is 0 Å². The predicted molar refractivity (Wildman–Crippen MR) is 75.3 cm³/mol. The van der Waals surface area contributed by atoms with Crippen LogP contribution in [0.15, 0.2) is 0 Å². The highest BCUT2D eigenvalue weighted by atomic mass is 15.7. The van der Waals surface area contributed by atoms with E-state index in [1.54, 1.807) is 0 Å². The van der Waals surface area contributed by atoms with Gasteiger partial charge in [0, 0.05) is 58.9 Å². The van der Waals surface area contributed by atoms with E-state index in [0.717, 1.165) is 45.8 Å². The van der Waals surface area contributed by atoms with Gasteiger partial charge in [-0.05, 0) is 6.42 Å². The molecule has 0 saturated carbocycles. The van der Waals surface area contributed by atoms with Crippen LogP contribution in [0.2, 0.25) is 0 Å². The van der Waals surface area contributed by atoms with Crippen LogP contribution in [0, 0.1) is 0 Å². The quantitative estimate of drug-likeness (QED) is 0.709. The molecule has 0 aliphatic carbocycles. The largest absolute Gasteiger partial charge is 0.314 e. The van der Waals surface area contributed by atoms with Crippen molar-refractivity contribution < 1.29 is 0 Å². The monoisotopic (exact) mass is 255 g/mol. The van der Waals surface area contributed by atoms with Gasteiger partial charge in [-0.2, -0.15) is 0 Å². The Hall–Kier alpha value is -0.200. The summed E-state index contributed by atoms with van der Waals surface area (Å²) in [6.45, 7) is 14.9. The lowest BCUT2D eigenvalue weighted by Crippen LogP contribution is -2.62. The van der Waals surface area contributed by atoms with E-state index in [1.807, 2.05) is 0 Å². The Morgan fingerprint density at radius 1 is 0.944 bits per heavy atom. The third-order valence-corrected chi connectivity index (χ3v) is 4.06. The van der Waals surface area contributed by atoms with Gasteiger partial charge < -0.3 is 10.6 Å². The van der Waals surface area contributed by atoms with Gasteiger partial charge in [-0.3, -0.25) is 4.90 Å². The van der Waals surface area contributed by atoms with Crippen LogP contribution in [0.25, 0.3) is 0 Å². The van der Waals surface area contributed by atoms with Crippen LogP contribution in [-0.4, -0.2) is 80.0 Å². The molecule has 2 saturated heterocycles. The molecule has 0 spiro atoms. The van der Waals surface area contributed by atoms with Crippen molar-refractivity contribution in [1.82, 2.24) is 25.6 Å². The fourth-order valence-corrected chi connectivity index (χ4v) is 3.15. The molecule has 0 aromatic carbocycles. The molecular weight excluding hydrogens is 226 g/mol. The van der Waals surface area contributed by atoms with Gasteiger partial charge in [0.15, 0.2) is 0 Å². The highest BCUT2D eigenvalue weighted by Crippen LogP contribution is 2.14. The number of hydrogen-bond acceptors (Lipinski definition) is 5. The number of rotatable bonds is 5. The zero-order chi connectivity index (χ0) is 12.8. The van der Waals surface area contributed by atoms with Crippen molar-refractivity contribution in [2.75, 3.05) is 58.9 Å². The lowest BCUT2D eigenvalue weighted by atomic mass is 10.2. The van der Waals surface area contributed by atoms with Crippen LogP contribution in [-0.2, 0) is 0 Å². The third kappa shape index (κ3) is 3.42. The van der Waals surface area contributed by atoms with Crippen molar-refractivity contribution in [3.8, 4) is 0 Å². The van der Waals surface area contributed by atoms with Crippen molar-refractivity contribution in [3.05, 3.63) is 0 Å². The van der Waals surface area contributed by atoms with Gasteiger partial charge >= 0.3 is 0 Å². The van der Waals surface area contributed by atoms with Gasteiger partial charge in [0.1, 0.15) is 0 Å². The van der Waals surface area contributed by atoms with E-state index in [4.69, 9.17) is 0 Å². The van der Waals surface area contributed by atoms with Gasteiger partial charge in [-0.15, -0.1) is 0 Å². The van der Waals surface area contributed by atoms with E-state index in [-0.39, 0.29) is 0 Å². The van der Waals surface area contributed by atoms with Crippen molar-refractivity contribution in [3.63, 3.8) is 0 Å². The standard InChI is InChI=1S/C13H29N5/c1-3-13(16-9-5-14-6-10-16)18(4-2)17-11-7-15-8-12-17/h13-15H,3-12H2,1-2H3. The van der Waals surface area contributed by atoms with Crippen LogP contribution in [0.1, 0.15) is 20.3 Å². The molecule has 0 aromatic heterocycles. The van der Waals surface area contributed by atoms with Crippen LogP contribution < -0.4 is 10.6 Å². The van der Waals surface area contributed by atoms with Crippen LogP contribution >= 0.6 is 0 Å². The Bertz CT molecular complexity index is 199. The molecule has 1 unspecified atom stereocenters. The number of nitrogens with zero attached hydrogens (tertiary/aromatic N) is 3. The van der Waals surface area contributed by atoms with Gasteiger partial charge in [-0.1, -0.05) is 13.8 Å². The summed E-state index contributed by atoms with van der Waals surface area (Å²) in [5, 5.41) is 12.0. The first kappa shape index (κ1) is 14.2. The Morgan fingerprint density at radius 2 is 1.50 bits per heavy atom. The number of nitrogens with one attached hydrogen (secondary N) is 2. The van der Waals surface area contributed by atoms with E-state index in [9.17, 15) is 0 Å².